The Hall–Kier alpha value is -1.73. The zero-order valence-corrected chi connectivity index (χ0v) is 16.0. The Morgan fingerprint density at radius 3 is 2.81 bits per heavy atom. The molecule has 1 aromatic heterocycles. The molecule has 2 fully saturated rings. The van der Waals surface area contributed by atoms with Crippen LogP contribution in [0.15, 0.2) is 33.7 Å². The summed E-state index contributed by atoms with van der Waals surface area (Å²) in [6.07, 6.45) is 3.04. The molecule has 0 spiro atoms. The van der Waals surface area contributed by atoms with Gasteiger partial charge in [0.25, 0.3) is 5.89 Å². The van der Waals surface area contributed by atoms with Crippen LogP contribution >= 0.6 is 0 Å². The first-order valence-electron chi connectivity index (χ1n) is 9.21. The highest BCUT2D eigenvalue weighted by atomic mass is 32.2. The molecule has 0 bridgehead atoms. The van der Waals surface area contributed by atoms with Crippen LogP contribution < -0.4 is 0 Å². The molecule has 0 N–H and O–H groups in total. The Labute approximate surface area is 153 Å². The lowest BCUT2D eigenvalue weighted by Crippen LogP contribution is -2.44. The highest BCUT2D eigenvalue weighted by Gasteiger charge is 2.48. The van der Waals surface area contributed by atoms with Crippen LogP contribution in [0.3, 0.4) is 0 Å². The summed E-state index contributed by atoms with van der Waals surface area (Å²) in [6.45, 7) is 4.20. The first-order chi connectivity index (χ1) is 12.4. The number of nitrogens with zero attached hydrogens (tertiary/aromatic N) is 2. The predicted octanol–water partition coefficient (Wildman–Crippen LogP) is 3.73. The molecule has 0 amide bonds. The standard InChI is InChI=1S/C19H24N2O4S/c1-3-19(26(22,23)15-6-4-5-13(2)11-15)9-10-24-16(12-19)18-20-17(21-25-18)14-7-8-14/h4-6,11,14,16H,3,7-10,12H2,1-2H3. The van der Waals surface area contributed by atoms with Gasteiger partial charge in [-0.2, -0.15) is 4.98 Å². The van der Waals surface area contributed by atoms with Crippen molar-refractivity contribution >= 4 is 9.84 Å². The lowest BCUT2D eigenvalue weighted by Gasteiger charge is -2.38. The van der Waals surface area contributed by atoms with Crippen LogP contribution in [0.2, 0.25) is 0 Å². The van der Waals surface area contributed by atoms with Crippen LogP contribution in [-0.2, 0) is 14.6 Å². The summed E-state index contributed by atoms with van der Waals surface area (Å²) in [5, 5.41) is 4.04. The van der Waals surface area contributed by atoms with Crippen molar-refractivity contribution in [1.29, 1.82) is 0 Å². The minimum absolute atomic E-state index is 0.339. The zero-order valence-electron chi connectivity index (χ0n) is 15.1. The van der Waals surface area contributed by atoms with Crippen LogP contribution in [0, 0.1) is 6.92 Å². The number of hydrogen-bond acceptors (Lipinski definition) is 6. The molecule has 2 aromatic rings. The largest absolute Gasteiger partial charge is 0.368 e. The Morgan fingerprint density at radius 2 is 2.12 bits per heavy atom. The van der Waals surface area contributed by atoms with Crippen molar-refractivity contribution in [2.24, 2.45) is 0 Å². The smallest absolute Gasteiger partial charge is 0.255 e. The van der Waals surface area contributed by atoms with E-state index in [9.17, 15) is 8.42 Å². The van der Waals surface area contributed by atoms with Gasteiger partial charge in [0.1, 0.15) is 6.10 Å². The van der Waals surface area contributed by atoms with Crippen LogP contribution in [0.4, 0.5) is 0 Å². The van der Waals surface area contributed by atoms with Gasteiger partial charge in [0, 0.05) is 18.9 Å². The van der Waals surface area contributed by atoms with Crippen molar-refractivity contribution in [3.05, 3.63) is 41.5 Å². The van der Waals surface area contributed by atoms with Crippen LogP contribution in [0.1, 0.15) is 68.3 Å². The molecule has 2 heterocycles. The molecule has 4 rings (SSSR count). The second-order valence-electron chi connectivity index (χ2n) is 7.44. The van der Waals surface area contributed by atoms with Gasteiger partial charge in [-0.3, -0.25) is 0 Å². The molecule has 26 heavy (non-hydrogen) atoms. The molecular formula is C19H24N2O4S. The summed E-state index contributed by atoms with van der Waals surface area (Å²) in [5.74, 6) is 1.52. The quantitative estimate of drug-likeness (QED) is 0.791. The van der Waals surface area contributed by atoms with E-state index in [1.165, 1.54) is 0 Å². The third-order valence-electron chi connectivity index (χ3n) is 5.62. The van der Waals surface area contributed by atoms with E-state index in [-0.39, 0.29) is 0 Å². The van der Waals surface area contributed by atoms with Gasteiger partial charge >= 0.3 is 0 Å². The first kappa shape index (κ1) is 17.7. The minimum Gasteiger partial charge on any atom is -0.368 e. The van der Waals surface area contributed by atoms with Crippen molar-refractivity contribution in [2.75, 3.05) is 6.61 Å². The maximum Gasteiger partial charge on any atom is 0.255 e. The third kappa shape index (κ3) is 2.97. The number of ether oxygens (including phenoxy) is 1. The van der Waals surface area contributed by atoms with Crippen molar-refractivity contribution in [3.8, 4) is 0 Å². The predicted molar refractivity (Wildman–Crippen MR) is 95.6 cm³/mol. The molecule has 1 saturated heterocycles. The molecule has 1 aromatic carbocycles. The lowest BCUT2D eigenvalue weighted by atomic mass is 9.92. The van der Waals surface area contributed by atoms with E-state index in [1.54, 1.807) is 18.2 Å². The van der Waals surface area contributed by atoms with Gasteiger partial charge in [-0.05, 0) is 50.3 Å². The number of aromatic nitrogens is 2. The summed E-state index contributed by atoms with van der Waals surface area (Å²) in [4.78, 5) is 4.85. The molecule has 6 nitrogen and oxygen atoms in total. The summed E-state index contributed by atoms with van der Waals surface area (Å²) in [7, 11) is -3.50. The number of rotatable bonds is 5. The average Bonchev–Trinajstić information content (AvgIpc) is 3.38. The van der Waals surface area contributed by atoms with E-state index in [2.05, 4.69) is 10.1 Å². The maximum absolute atomic E-state index is 13.5. The Bertz CT molecular complexity index is 904. The molecule has 2 aliphatic rings. The molecule has 7 heteroatoms. The Balaban J connectivity index is 1.65. The fourth-order valence-electron chi connectivity index (χ4n) is 3.72. The zero-order chi connectivity index (χ0) is 18.4. The van der Waals surface area contributed by atoms with E-state index in [1.807, 2.05) is 19.9 Å². The molecule has 1 aliphatic heterocycles. The molecule has 2 unspecified atom stereocenters. The average molecular weight is 376 g/mol. The molecule has 1 aliphatic carbocycles. The summed E-state index contributed by atoms with van der Waals surface area (Å²) in [5.41, 5.74) is 0.937. The second kappa shape index (κ2) is 6.46. The van der Waals surface area contributed by atoms with Gasteiger partial charge in [0.2, 0.25) is 0 Å². The fourth-order valence-corrected chi connectivity index (χ4v) is 5.92. The second-order valence-corrected chi connectivity index (χ2v) is 9.78. The minimum atomic E-state index is -3.50. The van der Waals surface area contributed by atoms with Gasteiger partial charge < -0.3 is 9.26 Å². The summed E-state index contributed by atoms with van der Waals surface area (Å²) < 4.78 is 37.3. The molecule has 0 radical (unpaired) electrons. The normalized spacial score (nSPS) is 26.8. The summed E-state index contributed by atoms with van der Waals surface area (Å²) in [6, 6.07) is 7.13. The Kier molecular flexibility index (Phi) is 4.39. The third-order valence-corrected chi connectivity index (χ3v) is 8.30. The maximum atomic E-state index is 13.5. The van der Waals surface area contributed by atoms with Crippen molar-refractivity contribution in [1.82, 2.24) is 10.1 Å². The van der Waals surface area contributed by atoms with E-state index < -0.39 is 20.7 Å². The number of benzene rings is 1. The van der Waals surface area contributed by atoms with E-state index >= 15 is 0 Å². The van der Waals surface area contributed by atoms with Gasteiger partial charge in [0.15, 0.2) is 15.7 Å². The highest BCUT2D eigenvalue weighted by Crippen LogP contribution is 2.45. The molecule has 140 valence electrons. The molecular weight excluding hydrogens is 352 g/mol. The first-order valence-corrected chi connectivity index (χ1v) is 10.7. The highest BCUT2D eigenvalue weighted by molar-refractivity contribution is 7.92. The fraction of sp³-hybridized carbons (Fsp3) is 0.579. The SMILES string of the molecule is CCC1(S(=O)(=O)c2cccc(C)c2)CCOC(c2nc(C3CC3)no2)C1. The molecule has 1 saturated carbocycles. The van der Waals surface area contributed by atoms with Gasteiger partial charge in [0.05, 0.1) is 9.64 Å². The van der Waals surface area contributed by atoms with E-state index in [4.69, 9.17) is 9.26 Å². The number of sulfone groups is 1. The van der Waals surface area contributed by atoms with E-state index in [0.717, 1.165) is 24.2 Å². The van der Waals surface area contributed by atoms with Gasteiger partial charge in [-0.25, -0.2) is 8.42 Å². The van der Waals surface area contributed by atoms with Crippen LogP contribution in [0.5, 0.6) is 0 Å². The monoisotopic (exact) mass is 376 g/mol. The van der Waals surface area contributed by atoms with Crippen molar-refractivity contribution < 1.29 is 17.7 Å². The molecule has 2 atom stereocenters. The van der Waals surface area contributed by atoms with Crippen LogP contribution in [0.25, 0.3) is 0 Å². The lowest BCUT2D eigenvalue weighted by molar-refractivity contribution is -0.0214. The van der Waals surface area contributed by atoms with Crippen LogP contribution in [-0.4, -0.2) is 29.9 Å². The Morgan fingerprint density at radius 1 is 1.31 bits per heavy atom. The van der Waals surface area contributed by atoms with Crippen molar-refractivity contribution in [2.45, 2.75) is 67.6 Å². The number of aryl methyl sites for hydroxylation is 1. The van der Waals surface area contributed by atoms with Gasteiger partial charge in [-0.15, -0.1) is 0 Å². The van der Waals surface area contributed by atoms with E-state index in [0.29, 0.717) is 42.6 Å². The van der Waals surface area contributed by atoms with Crippen molar-refractivity contribution in [3.63, 3.8) is 0 Å². The topological polar surface area (TPSA) is 82.3 Å². The number of hydrogen-bond donors (Lipinski definition) is 0. The summed E-state index contributed by atoms with van der Waals surface area (Å²) >= 11 is 0. The van der Waals surface area contributed by atoms with Gasteiger partial charge in [-0.1, -0.05) is 24.2 Å².